The molecule has 0 aliphatic heterocycles. The van der Waals surface area contributed by atoms with Crippen LogP contribution in [-0.4, -0.2) is 32.4 Å². The summed E-state index contributed by atoms with van der Waals surface area (Å²) in [5.74, 6) is 0.942. The number of ether oxygens (including phenoxy) is 1. The third-order valence-electron chi connectivity index (χ3n) is 5.37. The first-order valence-corrected chi connectivity index (χ1v) is 13.1. The Labute approximate surface area is 213 Å². The summed E-state index contributed by atoms with van der Waals surface area (Å²) < 4.78 is 8.10. The summed E-state index contributed by atoms with van der Waals surface area (Å²) in [6.45, 7) is 3.32. The SMILES string of the molecule is CCCOc1cc(Sc2nnc(Cc3ccsc3)n2C)ccc1CNc1ccc(CC(=O)O)cc1. The summed E-state index contributed by atoms with van der Waals surface area (Å²) in [5.41, 5.74) is 3.99. The van der Waals surface area contributed by atoms with Gasteiger partial charge in [-0.15, -0.1) is 10.2 Å². The minimum absolute atomic E-state index is 0.0232. The van der Waals surface area contributed by atoms with Crippen LogP contribution in [0.2, 0.25) is 0 Å². The number of hydrogen-bond acceptors (Lipinski definition) is 7. The number of hydrogen-bond donors (Lipinski definition) is 2. The lowest BCUT2D eigenvalue weighted by atomic mass is 10.1. The lowest BCUT2D eigenvalue weighted by Gasteiger charge is -2.14. The molecule has 0 saturated carbocycles. The zero-order valence-corrected chi connectivity index (χ0v) is 21.4. The van der Waals surface area contributed by atoms with Gasteiger partial charge in [-0.05, 0) is 70.4 Å². The Kier molecular flexibility index (Phi) is 8.44. The van der Waals surface area contributed by atoms with Crippen molar-refractivity contribution in [3.05, 3.63) is 81.8 Å². The van der Waals surface area contributed by atoms with Crippen LogP contribution in [0.15, 0.2) is 69.3 Å². The highest BCUT2D eigenvalue weighted by molar-refractivity contribution is 7.99. The van der Waals surface area contributed by atoms with Gasteiger partial charge in [0.2, 0.25) is 0 Å². The molecule has 0 amide bonds. The Morgan fingerprint density at radius 1 is 1.14 bits per heavy atom. The van der Waals surface area contributed by atoms with Crippen LogP contribution >= 0.6 is 23.1 Å². The fraction of sp³-hybridized carbons (Fsp3) is 0.269. The second-order valence-electron chi connectivity index (χ2n) is 8.11. The predicted molar refractivity (Wildman–Crippen MR) is 140 cm³/mol. The lowest BCUT2D eigenvalue weighted by Crippen LogP contribution is -2.05. The van der Waals surface area contributed by atoms with Crippen LogP contribution in [0.1, 0.15) is 35.9 Å². The highest BCUT2D eigenvalue weighted by Crippen LogP contribution is 2.32. The van der Waals surface area contributed by atoms with Crippen molar-refractivity contribution >= 4 is 34.8 Å². The first-order valence-electron chi connectivity index (χ1n) is 11.4. The van der Waals surface area contributed by atoms with Crippen molar-refractivity contribution in [2.75, 3.05) is 11.9 Å². The monoisotopic (exact) mass is 508 g/mol. The lowest BCUT2D eigenvalue weighted by molar-refractivity contribution is -0.136. The number of thiophene rings is 1. The molecule has 0 bridgehead atoms. The molecule has 2 aromatic carbocycles. The molecule has 2 aromatic heterocycles. The van der Waals surface area contributed by atoms with E-state index < -0.39 is 5.97 Å². The molecule has 4 rings (SSSR count). The molecule has 0 fully saturated rings. The number of aliphatic carboxylic acids is 1. The predicted octanol–water partition coefficient (Wildman–Crippen LogP) is 5.65. The van der Waals surface area contributed by atoms with Crippen molar-refractivity contribution in [1.29, 1.82) is 0 Å². The van der Waals surface area contributed by atoms with Gasteiger partial charge in [0.25, 0.3) is 0 Å². The fourth-order valence-corrected chi connectivity index (χ4v) is 4.98. The van der Waals surface area contributed by atoms with Gasteiger partial charge in [-0.1, -0.05) is 25.1 Å². The first-order chi connectivity index (χ1) is 17.0. The van der Waals surface area contributed by atoms with E-state index in [-0.39, 0.29) is 6.42 Å². The van der Waals surface area contributed by atoms with Crippen LogP contribution in [0.4, 0.5) is 5.69 Å². The molecule has 9 heteroatoms. The second kappa shape index (κ2) is 11.9. The Hall–Kier alpha value is -3.30. The molecule has 0 atom stereocenters. The van der Waals surface area contributed by atoms with E-state index in [9.17, 15) is 4.79 Å². The number of carboxylic acid groups (broad SMARTS) is 1. The summed E-state index contributed by atoms with van der Waals surface area (Å²) in [5, 5.41) is 26.2. The average Bonchev–Trinajstić information content (AvgIpc) is 3.48. The Morgan fingerprint density at radius 3 is 2.69 bits per heavy atom. The Morgan fingerprint density at radius 2 is 1.97 bits per heavy atom. The molecule has 0 aliphatic rings. The topological polar surface area (TPSA) is 89.3 Å². The summed E-state index contributed by atoms with van der Waals surface area (Å²) in [6, 6.07) is 15.8. The van der Waals surface area contributed by atoms with Gasteiger partial charge in [0.05, 0.1) is 13.0 Å². The van der Waals surface area contributed by atoms with Crippen molar-refractivity contribution in [2.24, 2.45) is 7.05 Å². The molecule has 0 unspecified atom stereocenters. The van der Waals surface area contributed by atoms with Crippen molar-refractivity contribution in [1.82, 2.24) is 14.8 Å². The molecule has 2 N–H and O–H groups in total. The van der Waals surface area contributed by atoms with Crippen LogP contribution in [0, 0.1) is 0 Å². The molecule has 0 spiro atoms. The molecule has 182 valence electrons. The number of rotatable bonds is 12. The maximum Gasteiger partial charge on any atom is 0.307 e. The van der Waals surface area contributed by atoms with Crippen LogP contribution in [0.5, 0.6) is 5.75 Å². The van der Waals surface area contributed by atoms with Gasteiger partial charge >= 0.3 is 5.97 Å². The van der Waals surface area contributed by atoms with Crippen LogP contribution < -0.4 is 10.1 Å². The van der Waals surface area contributed by atoms with Gasteiger partial charge in [-0.25, -0.2) is 0 Å². The van der Waals surface area contributed by atoms with Gasteiger partial charge in [-0.2, -0.15) is 11.3 Å². The summed E-state index contributed by atoms with van der Waals surface area (Å²) in [7, 11) is 2.00. The molecule has 35 heavy (non-hydrogen) atoms. The third-order valence-corrected chi connectivity index (χ3v) is 7.13. The third kappa shape index (κ3) is 6.86. The molecule has 4 aromatic rings. The van der Waals surface area contributed by atoms with E-state index >= 15 is 0 Å². The molecule has 0 radical (unpaired) electrons. The smallest absolute Gasteiger partial charge is 0.307 e. The number of anilines is 1. The largest absolute Gasteiger partial charge is 0.493 e. The number of aromatic nitrogens is 3. The van der Waals surface area contributed by atoms with Gasteiger partial charge in [0.15, 0.2) is 5.16 Å². The van der Waals surface area contributed by atoms with Crippen LogP contribution in [-0.2, 0) is 31.2 Å². The van der Waals surface area contributed by atoms with Crippen molar-refractivity contribution in [3.63, 3.8) is 0 Å². The minimum Gasteiger partial charge on any atom is -0.493 e. The Balaban J connectivity index is 1.44. The summed E-state index contributed by atoms with van der Waals surface area (Å²) in [6.07, 6.45) is 1.71. The van der Waals surface area contributed by atoms with Crippen molar-refractivity contribution < 1.29 is 14.6 Å². The standard InChI is InChI=1S/C26H28N4O3S2/c1-3-11-33-23-15-22(35-26-29-28-24(30(26)2)13-19-10-12-34-17-19)9-6-20(23)16-27-21-7-4-18(5-8-21)14-25(31)32/h4-10,12,15,17,27H,3,11,13-14,16H2,1-2H3,(H,31,32). The number of carboxylic acids is 1. The molecular weight excluding hydrogens is 480 g/mol. The normalized spacial score (nSPS) is 10.9. The van der Waals surface area contributed by atoms with Gasteiger partial charge in [0.1, 0.15) is 11.6 Å². The van der Waals surface area contributed by atoms with Gasteiger partial charge < -0.3 is 19.7 Å². The quantitative estimate of drug-likeness (QED) is 0.256. The highest BCUT2D eigenvalue weighted by atomic mass is 32.2. The molecule has 2 heterocycles. The number of carbonyl (C=O) groups is 1. The van der Waals surface area contributed by atoms with Crippen LogP contribution in [0.25, 0.3) is 0 Å². The maximum absolute atomic E-state index is 10.9. The van der Waals surface area contributed by atoms with E-state index in [1.807, 2.05) is 35.9 Å². The maximum atomic E-state index is 10.9. The van der Waals surface area contributed by atoms with E-state index in [1.54, 1.807) is 23.1 Å². The van der Waals surface area contributed by atoms with Crippen molar-refractivity contribution in [2.45, 2.75) is 42.8 Å². The summed E-state index contributed by atoms with van der Waals surface area (Å²) in [4.78, 5) is 11.9. The van der Waals surface area contributed by atoms with E-state index in [4.69, 9.17) is 9.84 Å². The summed E-state index contributed by atoms with van der Waals surface area (Å²) >= 11 is 3.25. The number of nitrogens with one attached hydrogen (secondary N) is 1. The van der Waals surface area contributed by atoms with E-state index in [0.29, 0.717) is 13.2 Å². The molecule has 0 saturated heterocycles. The molecular formula is C26H28N4O3S2. The van der Waals surface area contributed by atoms with Gasteiger partial charge in [0, 0.05) is 36.2 Å². The zero-order valence-electron chi connectivity index (χ0n) is 19.7. The van der Waals surface area contributed by atoms with Crippen LogP contribution in [0.3, 0.4) is 0 Å². The van der Waals surface area contributed by atoms with E-state index in [1.165, 1.54) is 5.56 Å². The molecule has 0 aliphatic carbocycles. The number of benzene rings is 2. The fourth-order valence-electron chi connectivity index (χ4n) is 3.47. The van der Waals surface area contributed by atoms with E-state index in [2.05, 4.69) is 57.5 Å². The Bertz CT molecular complexity index is 1250. The van der Waals surface area contributed by atoms with Crippen molar-refractivity contribution in [3.8, 4) is 5.75 Å². The zero-order chi connectivity index (χ0) is 24.6. The van der Waals surface area contributed by atoms with E-state index in [0.717, 1.165) is 51.3 Å². The average molecular weight is 509 g/mol. The number of nitrogens with zero attached hydrogens (tertiary/aromatic N) is 3. The second-order valence-corrected chi connectivity index (χ2v) is 9.93. The highest BCUT2D eigenvalue weighted by Gasteiger charge is 2.13. The first kappa shape index (κ1) is 24.8. The molecule has 7 nitrogen and oxygen atoms in total. The van der Waals surface area contributed by atoms with Gasteiger partial charge in [-0.3, -0.25) is 4.79 Å². The minimum atomic E-state index is -0.832.